The van der Waals surface area contributed by atoms with Crippen molar-refractivity contribution in [2.24, 2.45) is 5.41 Å². The van der Waals surface area contributed by atoms with Crippen molar-refractivity contribution in [1.29, 1.82) is 0 Å². The maximum absolute atomic E-state index is 11.3. The molecule has 2 rings (SSSR count). The molecule has 0 atom stereocenters. The van der Waals surface area contributed by atoms with E-state index in [2.05, 4.69) is 36.1 Å². The first-order valence-electron chi connectivity index (χ1n) is 6.99. The number of carbonyl (C=O) groups is 1. The first kappa shape index (κ1) is 14.1. The van der Waals surface area contributed by atoms with Crippen LogP contribution in [0, 0.1) is 12.3 Å². The molecule has 0 saturated heterocycles. The van der Waals surface area contributed by atoms with Gasteiger partial charge in [0.15, 0.2) is 0 Å². The van der Waals surface area contributed by atoms with Crippen LogP contribution >= 0.6 is 0 Å². The minimum atomic E-state index is -0.624. The molecule has 0 heterocycles. The summed E-state index contributed by atoms with van der Waals surface area (Å²) in [4.78, 5) is 13.5. The zero-order chi connectivity index (χ0) is 13.9. The summed E-state index contributed by atoms with van der Waals surface area (Å²) in [5, 5.41) is 9.32. The Balaban J connectivity index is 1.83. The summed E-state index contributed by atoms with van der Waals surface area (Å²) in [6.45, 7) is 3.68. The van der Waals surface area contributed by atoms with E-state index in [4.69, 9.17) is 0 Å². The molecule has 1 N–H and O–H groups in total. The summed E-state index contributed by atoms with van der Waals surface area (Å²) in [7, 11) is 2.02. The largest absolute Gasteiger partial charge is 0.481 e. The van der Waals surface area contributed by atoms with Crippen LogP contribution in [0.15, 0.2) is 24.3 Å². The van der Waals surface area contributed by atoms with E-state index in [0.717, 1.165) is 32.2 Å². The minimum Gasteiger partial charge on any atom is -0.481 e. The van der Waals surface area contributed by atoms with Crippen LogP contribution in [0.4, 0.5) is 0 Å². The van der Waals surface area contributed by atoms with E-state index in [-0.39, 0.29) is 0 Å². The number of carboxylic acid groups (broad SMARTS) is 1. The SMILES string of the molecule is Cc1ccc(CCN(C)CC2(C(=O)O)CCC2)cc1. The van der Waals surface area contributed by atoms with Crippen LogP contribution in [0.1, 0.15) is 30.4 Å². The van der Waals surface area contributed by atoms with Crippen molar-refractivity contribution in [2.75, 3.05) is 20.1 Å². The van der Waals surface area contributed by atoms with Gasteiger partial charge < -0.3 is 10.0 Å². The van der Waals surface area contributed by atoms with Gasteiger partial charge in [-0.15, -0.1) is 0 Å². The Morgan fingerprint density at radius 2 is 1.95 bits per heavy atom. The Morgan fingerprint density at radius 1 is 1.32 bits per heavy atom. The fraction of sp³-hybridized carbons (Fsp3) is 0.562. The Bertz CT molecular complexity index is 435. The van der Waals surface area contributed by atoms with Crippen LogP contribution in [0.25, 0.3) is 0 Å². The number of hydrogen-bond donors (Lipinski definition) is 1. The second kappa shape index (κ2) is 5.74. The van der Waals surface area contributed by atoms with Gasteiger partial charge in [-0.2, -0.15) is 0 Å². The zero-order valence-corrected chi connectivity index (χ0v) is 11.9. The molecule has 1 aliphatic carbocycles. The lowest BCUT2D eigenvalue weighted by Gasteiger charge is -2.40. The highest BCUT2D eigenvalue weighted by atomic mass is 16.4. The minimum absolute atomic E-state index is 0.470. The van der Waals surface area contributed by atoms with Crippen LogP contribution in [0.3, 0.4) is 0 Å². The smallest absolute Gasteiger partial charge is 0.310 e. The van der Waals surface area contributed by atoms with Gasteiger partial charge in [-0.3, -0.25) is 4.79 Å². The molecule has 1 aromatic rings. The molecule has 19 heavy (non-hydrogen) atoms. The Hall–Kier alpha value is -1.35. The van der Waals surface area contributed by atoms with Gasteiger partial charge >= 0.3 is 5.97 Å². The predicted octanol–water partition coefficient (Wildman–Crippen LogP) is 2.72. The lowest BCUT2D eigenvalue weighted by atomic mass is 9.68. The number of aliphatic carboxylic acids is 1. The Kier molecular flexibility index (Phi) is 4.25. The number of rotatable bonds is 6. The second-order valence-corrected chi connectivity index (χ2v) is 5.91. The summed E-state index contributed by atoms with van der Waals surface area (Å²) in [6.07, 6.45) is 3.69. The molecular formula is C16H23NO2. The number of nitrogens with zero attached hydrogens (tertiary/aromatic N) is 1. The third-order valence-corrected chi connectivity index (χ3v) is 4.24. The van der Waals surface area contributed by atoms with Crippen LogP contribution < -0.4 is 0 Å². The van der Waals surface area contributed by atoms with Gasteiger partial charge in [0, 0.05) is 13.1 Å². The molecule has 0 radical (unpaired) electrons. The molecule has 1 fully saturated rings. The highest BCUT2D eigenvalue weighted by molar-refractivity contribution is 5.76. The normalized spacial score (nSPS) is 17.2. The number of hydrogen-bond acceptors (Lipinski definition) is 2. The number of aryl methyl sites for hydroxylation is 1. The lowest BCUT2D eigenvalue weighted by molar-refractivity contribution is -0.156. The number of carboxylic acids is 1. The van der Waals surface area contributed by atoms with E-state index in [1.165, 1.54) is 11.1 Å². The van der Waals surface area contributed by atoms with Crippen molar-refractivity contribution >= 4 is 5.97 Å². The molecule has 0 amide bonds. The van der Waals surface area contributed by atoms with Crippen LogP contribution in [-0.2, 0) is 11.2 Å². The van der Waals surface area contributed by atoms with Crippen molar-refractivity contribution in [3.8, 4) is 0 Å². The molecule has 0 unspecified atom stereocenters. The fourth-order valence-electron chi connectivity index (χ4n) is 2.71. The number of likely N-dealkylation sites (N-methyl/N-ethyl adjacent to an activating group) is 1. The maximum atomic E-state index is 11.3. The lowest BCUT2D eigenvalue weighted by Crippen LogP contribution is -2.47. The molecule has 0 bridgehead atoms. The standard InChI is InChI=1S/C16H23NO2/c1-13-4-6-14(7-5-13)8-11-17(2)12-16(15(18)19)9-3-10-16/h4-7H,3,8-12H2,1-2H3,(H,18,19). The molecule has 104 valence electrons. The van der Waals surface area contributed by atoms with Gasteiger partial charge in [0.2, 0.25) is 0 Å². The molecular weight excluding hydrogens is 238 g/mol. The van der Waals surface area contributed by atoms with Crippen molar-refractivity contribution in [3.05, 3.63) is 35.4 Å². The predicted molar refractivity (Wildman–Crippen MR) is 76.3 cm³/mol. The van der Waals surface area contributed by atoms with Gasteiger partial charge in [0.25, 0.3) is 0 Å². The van der Waals surface area contributed by atoms with E-state index in [9.17, 15) is 9.90 Å². The first-order chi connectivity index (χ1) is 9.02. The van der Waals surface area contributed by atoms with Crippen LogP contribution in [-0.4, -0.2) is 36.1 Å². The van der Waals surface area contributed by atoms with Gasteiger partial charge in [0.05, 0.1) is 5.41 Å². The van der Waals surface area contributed by atoms with E-state index < -0.39 is 11.4 Å². The Labute approximate surface area is 115 Å². The van der Waals surface area contributed by atoms with Crippen molar-refractivity contribution in [2.45, 2.75) is 32.6 Å². The molecule has 0 aliphatic heterocycles. The van der Waals surface area contributed by atoms with E-state index in [1.54, 1.807) is 0 Å². The molecule has 1 aromatic carbocycles. The molecule has 3 heteroatoms. The quantitative estimate of drug-likeness (QED) is 0.856. The first-order valence-corrected chi connectivity index (χ1v) is 6.99. The van der Waals surface area contributed by atoms with Gasteiger partial charge in [-0.25, -0.2) is 0 Å². The summed E-state index contributed by atoms with van der Waals surface area (Å²) in [5.41, 5.74) is 2.12. The average Bonchev–Trinajstić information content (AvgIpc) is 2.32. The average molecular weight is 261 g/mol. The van der Waals surface area contributed by atoms with Crippen LogP contribution in [0.2, 0.25) is 0 Å². The Morgan fingerprint density at radius 3 is 2.42 bits per heavy atom. The molecule has 1 aliphatic rings. The monoisotopic (exact) mass is 261 g/mol. The summed E-state index contributed by atoms with van der Waals surface area (Å²) in [5.74, 6) is -0.624. The van der Waals surface area contributed by atoms with E-state index in [1.807, 2.05) is 7.05 Å². The van der Waals surface area contributed by atoms with Gasteiger partial charge in [-0.05, 0) is 38.8 Å². The highest BCUT2D eigenvalue weighted by Crippen LogP contribution is 2.41. The van der Waals surface area contributed by atoms with E-state index in [0.29, 0.717) is 6.54 Å². The molecule has 0 spiro atoms. The van der Waals surface area contributed by atoms with E-state index >= 15 is 0 Å². The van der Waals surface area contributed by atoms with Crippen molar-refractivity contribution in [3.63, 3.8) is 0 Å². The second-order valence-electron chi connectivity index (χ2n) is 5.91. The highest BCUT2D eigenvalue weighted by Gasteiger charge is 2.44. The number of benzene rings is 1. The summed E-state index contributed by atoms with van der Waals surface area (Å²) >= 11 is 0. The summed E-state index contributed by atoms with van der Waals surface area (Å²) < 4.78 is 0. The fourth-order valence-corrected chi connectivity index (χ4v) is 2.71. The topological polar surface area (TPSA) is 40.5 Å². The third-order valence-electron chi connectivity index (χ3n) is 4.24. The maximum Gasteiger partial charge on any atom is 0.310 e. The van der Waals surface area contributed by atoms with Gasteiger partial charge in [0.1, 0.15) is 0 Å². The molecule has 0 aromatic heterocycles. The molecule has 1 saturated carbocycles. The third kappa shape index (κ3) is 3.35. The van der Waals surface area contributed by atoms with Crippen LogP contribution in [0.5, 0.6) is 0 Å². The van der Waals surface area contributed by atoms with Crippen molar-refractivity contribution in [1.82, 2.24) is 4.90 Å². The summed E-state index contributed by atoms with van der Waals surface area (Å²) in [6, 6.07) is 8.55. The zero-order valence-electron chi connectivity index (χ0n) is 11.9. The van der Waals surface area contributed by atoms with Gasteiger partial charge in [-0.1, -0.05) is 36.2 Å². The molecule has 3 nitrogen and oxygen atoms in total. The van der Waals surface area contributed by atoms with Crippen molar-refractivity contribution < 1.29 is 9.90 Å².